The highest BCUT2D eigenvalue weighted by molar-refractivity contribution is 5.94. The second kappa shape index (κ2) is 3.07. The number of carbonyl (C=O) groups is 2. The standard InChI is InChI=1S/C12H11NO3/c14-10-6-8-5-7-3-1-2-4-9(7)11(8)13(10)12(15)16/h1-4,8,11H,5-6H2,(H,15,16). The molecule has 3 rings (SSSR count). The lowest BCUT2D eigenvalue weighted by atomic mass is 10.0. The Labute approximate surface area is 92.5 Å². The number of carboxylic acid groups (broad SMARTS) is 1. The normalized spacial score (nSPS) is 26.8. The average molecular weight is 217 g/mol. The minimum Gasteiger partial charge on any atom is -0.465 e. The van der Waals surface area contributed by atoms with Crippen LogP contribution in [0.5, 0.6) is 0 Å². The number of imide groups is 1. The molecule has 4 nitrogen and oxygen atoms in total. The van der Waals surface area contributed by atoms with Gasteiger partial charge in [0.2, 0.25) is 5.91 Å². The van der Waals surface area contributed by atoms with E-state index in [9.17, 15) is 9.59 Å². The smallest absolute Gasteiger partial charge is 0.414 e. The molecule has 0 spiro atoms. The van der Waals surface area contributed by atoms with Crippen LogP contribution in [0, 0.1) is 5.92 Å². The number of benzene rings is 1. The summed E-state index contributed by atoms with van der Waals surface area (Å²) in [6.07, 6.45) is 0.0383. The molecule has 0 saturated carbocycles. The summed E-state index contributed by atoms with van der Waals surface area (Å²) in [5.41, 5.74) is 2.18. The highest BCUT2D eigenvalue weighted by atomic mass is 16.4. The summed E-state index contributed by atoms with van der Waals surface area (Å²) in [5.74, 6) is -0.127. The molecule has 1 saturated heterocycles. The molecule has 0 radical (unpaired) electrons. The number of hydrogen-bond acceptors (Lipinski definition) is 2. The van der Waals surface area contributed by atoms with Gasteiger partial charge in [-0.25, -0.2) is 9.69 Å². The lowest BCUT2D eigenvalue weighted by molar-refractivity contribution is -0.127. The van der Waals surface area contributed by atoms with Crippen LogP contribution in [0.1, 0.15) is 23.6 Å². The number of nitrogens with zero attached hydrogens (tertiary/aromatic N) is 1. The monoisotopic (exact) mass is 217 g/mol. The highest BCUT2D eigenvalue weighted by Gasteiger charge is 2.48. The first-order chi connectivity index (χ1) is 7.68. The summed E-state index contributed by atoms with van der Waals surface area (Å²) in [6.45, 7) is 0. The molecule has 16 heavy (non-hydrogen) atoms. The van der Waals surface area contributed by atoms with Crippen molar-refractivity contribution >= 4 is 12.0 Å². The molecule has 4 heteroatoms. The maximum Gasteiger partial charge on any atom is 0.414 e. The van der Waals surface area contributed by atoms with E-state index >= 15 is 0 Å². The predicted molar refractivity (Wildman–Crippen MR) is 55.9 cm³/mol. The summed E-state index contributed by atoms with van der Waals surface area (Å²) in [4.78, 5) is 23.7. The van der Waals surface area contributed by atoms with Gasteiger partial charge < -0.3 is 5.11 Å². The Hall–Kier alpha value is -1.84. The maximum atomic E-state index is 11.6. The topological polar surface area (TPSA) is 57.6 Å². The third-order valence-corrected chi connectivity index (χ3v) is 3.49. The van der Waals surface area contributed by atoms with Gasteiger partial charge in [0.05, 0.1) is 6.04 Å². The Bertz CT molecular complexity index is 483. The van der Waals surface area contributed by atoms with Crippen LogP contribution in [0.4, 0.5) is 4.79 Å². The van der Waals surface area contributed by atoms with Gasteiger partial charge in [-0.1, -0.05) is 24.3 Å². The van der Waals surface area contributed by atoms with E-state index in [-0.39, 0.29) is 17.9 Å². The zero-order valence-corrected chi connectivity index (χ0v) is 8.59. The molecule has 1 N–H and O–H groups in total. The van der Waals surface area contributed by atoms with Crippen LogP contribution in [0.3, 0.4) is 0 Å². The quantitative estimate of drug-likeness (QED) is 0.721. The SMILES string of the molecule is O=C(O)N1C(=O)CC2Cc3ccccc3C21. The molecule has 82 valence electrons. The Morgan fingerprint density at radius 3 is 2.81 bits per heavy atom. The fraction of sp³-hybridized carbons (Fsp3) is 0.333. The van der Waals surface area contributed by atoms with Crippen molar-refractivity contribution in [2.75, 3.05) is 0 Å². The highest BCUT2D eigenvalue weighted by Crippen LogP contribution is 2.46. The van der Waals surface area contributed by atoms with Crippen molar-refractivity contribution < 1.29 is 14.7 Å². The number of hydrogen-bond donors (Lipinski definition) is 1. The molecule has 1 aromatic rings. The van der Waals surface area contributed by atoms with E-state index in [0.717, 1.165) is 16.9 Å². The number of rotatable bonds is 0. The van der Waals surface area contributed by atoms with Crippen LogP contribution >= 0.6 is 0 Å². The van der Waals surface area contributed by atoms with Gasteiger partial charge in [0, 0.05) is 6.42 Å². The van der Waals surface area contributed by atoms with Crippen LogP contribution in [0.25, 0.3) is 0 Å². The summed E-state index contributed by atoms with van der Waals surface area (Å²) in [6, 6.07) is 7.53. The van der Waals surface area contributed by atoms with Crippen molar-refractivity contribution in [1.82, 2.24) is 4.90 Å². The van der Waals surface area contributed by atoms with Gasteiger partial charge in [-0.05, 0) is 23.5 Å². The van der Waals surface area contributed by atoms with Crippen LogP contribution < -0.4 is 0 Å². The number of likely N-dealkylation sites (tertiary alicyclic amines) is 1. The molecular formula is C12H11NO3. The van der Waals surface area contributed by atoms with Gasteiger partial charge in [0.25, 0.3) is 0 Å². The molecule has 2 unspecified atom stereocenters. The Kier molecular flexibility index (Phi) is 1.80. The Balaban J connectivity index is 2.08. The molecule has 0 bridgehead atoms. The van der Waals surface area contributed by atoms with E-state index in [2.05, 4.69) is 0 Å². The van der Waals surface area contributed by atoms with E-state index in [1.165, 1.54) is 5.56 Å². The largest absolute Gasteiger partial charge is 0.465 e. The molecule has 1 heterocycles. The molecule has 2 aliphatic rings. The summed E-state index contributed by atoms with van der Waals surface area (Å²) < 4.78 is 0. The lowest BCUT2D eigenvalue weighted by Gasteiger charge is -2.19. The van der Waals surface area contributed by atoms with Crippen LogP contribution in [-0.2, 0) is 11.2 Å². The fourth-order valence-electron chi connectivity index (χ4n) is 2.89. The Morgan fingerprint density at radius 2 is 2.06 bits per heavy atom. The van der Waals surface area contributed by atoms with Crippen LogP contribution in [0.2, 0.25) is 0 Å². The van der Waals surface area contributed by atoms with Gasteiger partial charge in [0.15, 0.2) is 0 Å². The van der Waals surface area contributed by atoms with E-state index < -0.39 is 6.09 Å². The summed E-state index contributed by atoms with van der Waals surface area (Å²) >= 11 is 0. The molecule has 1 aliphatic heterocycles. The van der Waals surface area contributed by atoms with Gasteiger partial charge in [-0.15, -0.1) is 0 Å². The molecule has 1 aromatic carbocycles. The first kappa shape index (κ1) is 9.39. The van der Waals surface area contributed by atoms with Crippen molar-refractivity contribution in [2.24, 2.45) is 5.92 Å². The lowest BCUT2D eigenvalue weighted by Crippen LogP contribution is -2.32. The number of amides is 2. The van der Waals surface area contributed by atoms with E-state index in [1.807, 2.05) is 24.3 Å². The summed E-state index contributed by atoms with van der Waals surface area (Å²) in [7, 11) is 0. The molecule has 1 fully saturated rings. The van der Waals surface area contributed by atoms with E-state index in [4.69, 9.17) is 5.11 Å². The fourth-order valence-corrected chi connectivity index (χ4v) is 2.89. The maximum absolute atomic E-state index is 11.6. The van der Waals surface area contributed by atoms with Crippen molar-refractivity contribution in [3.8, 4) is 0 Å². The summed E-state index contributed by atoms with van der Waals surface area (Å²) in [5, 5.41) is 9.06. The predicted octanol–water partition coefficient (Wildman–Crippen LogP) is 1.81. The number of carbonyl (C=O) groups excluding carboxylic acids is 1. The third-order valence-electron chi connectivity index (χ3n) is 3.49. The first-order valence-electron chi connectivity index (χ1n) is 5.31. The zero-order chi connectivity index (χ0) is 11.3. The van der Waals surface area contributed by atoms with Crippen molar-refractivity contribution in [2.45, 2.75) is 18.9 Å². The van der Waals surface area contributed by atoms with Crippen molar-refractivity contribution in [1.29, 1.82) is 0 Å². The molecule has 2 atom stereocenters. The van der Waals surface area contributed by atoms with Gasteiger partial charge >= 0.3 is 6.09 Å². The van der Waals surface area contributed by atoms with E-state index in [0.29, 0.717) is 6.42 Å². The second-order valence-electron chi connectivity index (χ2n) is 4.36. The molecular weight excluding hydrogens is 206 g/mol. The minimum absolute atomic E-state index is 0.140. The van der Waals surface area contributed by atoms with E-state index in [1.54, 1.807) is 0 Å². The van der Waals surface area contributed by atoms with Crippen molar-refractivity contribution in [3.63, 3.8) is 0 Å². The van der Waals surface area contributed by atoms with Gasteiger partial charge in [-0.3, -0.25) is 4.79 Å². The second-order valence-corrected chi connectivity index (χ2v) is 4.36. The first-order valence-corrected chi connectivity index (χ1v) is 5.31. The van der Waals surface area contributed by atoms with Crippen LogP contribution in [-0.4, -0.2) is 22.0 Å². The van der Waals surface area contributed by atoms with Crippen molar-refractivity contribution in [3.05, 3.63) is 35.4 Å². The average Bonchev–Trinajstić information content (AvgIpc) is 2.71. The molecule has 1 aliphatic carbocycles. The third kappa shape index (κ3) is 1.10. The minimum atomic E-state index is -1.13. The zero-order valence-electron chi connectivity index (χ0n) is 8.59. The number of fused-ring (bicyclic) bond motifs is 3. The van der Waals surface area contributed by atoms with Gasteiger partial charge in [-0.2, -0.15) is 0 Å². The Morgan fingerprint density at radius 1 is 1.31 bits per heavy atom. The van der Waals surface area contributed by atoms with Gasteiger partial charge in [0.1, 0.15) is 0 Å². The van der Waals surface area contributed by atoms with Crippen LogP contribution in [0.15, 0.2) is 24.3 Å². The molecule has 2 amide bonds. The molecule has 0 aromatic heterocycles.